The van der Waals surface area contributed by atoms with Gasteiger partial charge in [-0.25, -0.2) is 4.99 Å². The van der Waals surface area contributed by atoms with Crippen molar-refractivity contribution in [3.63, 3.8) is 0 Å². The van der Waals surface area contributed by atoms with Crippen molar-refractivity contribution < 1.29 is 22.9 Å². The van der Waals surface area contributed by atoms with Crippen LogP contribution in [0.5, 0.6) is 5.75 Å². The van der Waals surface area contributed by atoms with E-state index in [-0.39, 0.29) is 11.5 Å². The van der Waals surface area contributed by atoms with E-state index in [0.29, 0.717) is 5.71 Å². The molecule has 6 nitrogen and oxygen atoms in total. The van der Waals surface area contributed by atoms with Crippen molar-refractivity contribution >= 4 is 27.3 Å². The van der Waals surface area contributed by atoms with Gasteiger partial charge in [0.2, 0.25) is 0 Å². The Morgan fingerprint density at radius 3 is 2.26 bits per heavy atom. The van der Waals surface area contributed by atoms with Crippen LogP contribution in [0.1, 0.15) is 0 Å². The zero-order chi connectivity index (χ0) is 14.0. The summed E-state index contributed by atoms with van der Waals surface area (Å²) < 4.78 is 31.0. The molecule has 98 valence electrons. The zero-order valence-corrected chi connectivity index (χ0v) is 10.3. The topological polar surface area (TPSA) is 104 Å². The summed E-state index contributed by atoms with van der Waals surface area (Å²) in [5.41, 5.74) is 0.677. The summed E-state index contributed by atoms with van der Waals surface area (Å²) >= 11 is 0. The van der Waals surface area contributed by atoms with E-state index < -0.39 is 20.8 Å². The molecule has 19 heavy (non-hydrogen) atoms. The highest BCUT2D eigenvalue weighted by Crippen LogP contribution is 2.27. The summed E-state index contributed by atoms with van der Waals surface area (Å²) in [5, 5.41) is 9.35. The predicted molar refractivity (Wildman–Crippen MR) is 68.3 cm³/mol. The van der Waals surface area contributed by atoms with Crippen molar-refractivity contribution in [1.82, 2.24) is 0 Å². The van der Waals surface area contributed by atoms with Crippen molar-refractivity contribution in [2.45, 2.75) is 4.90 Å². The standard InChI is InChI=1S/C12H9NO5S/c14-10-4-1-8(2-5-10)13-9-3-6-11(15)12(7-9)19(16,17)18/h1-7,15H,(H,16,17,18). The number of carbonyl (C=O) groups is 1. The van der Waals surface area contributed by atoms with Crippen molar-refractivity contribution in [2.24, 2.45) is 4.99 Å². The first-order valence-corrected chi connectivity index (χ1v) is 6.59. The average Bonchev–Trinajstić information content (AvgIpc) is 2.33. The Bertz CT molecular complexity index is 710. The summed E-state index contributed by atoms with van der Waals surface area (Å²) in [7, 11) is -4.51. The lowest BCUT2D eigenvalue weighted by atomic mass is 10.1. The van der Waals surface area contributed by atoms with E-state index in [0.717, 1.165) is 12.1 Å². The fourth-order valence-electron chi connectivity index (χ4n) is 1.45. The first kappa shape index (κ1) is 13.2. The third-order valence-corrected chi connectivity index (χ3v) is 3.20. The number of phenols is 1. The largest absolute Gasteiger partial charge is 0.506 e. The van der Waals surface area contributed by atoms with Crippen molar-refractivity contribution in [3.8, 4) is 5.75 Å². The van der Waals surface area contributed by atoms with Crippen LogP contribution in [0.2, 0.25) is 0 Å². The molecule has 1 aliphatic rings. The van der Waals surface area contributed by atoms with Gasteiger partial charge in [-0.1, -0.05) is 0 Å². The van der Waals surface area contributed by atoms with E-state index in [1.54, 1.807) is 0 Å². The first-order valence-electron chi connectivity index (χ1n) is 5.15. The molecule has 1 aromatic rings. The molecule has 2 N–H and O–H groups in total. The number of ketones is 1. The first-order chi connectivity index (χ1) is 8.86. The molecule has 0 spiro atoms. The second-order valence-electron chi connectivity index (χ2n) is 3.73. The number of nitrogens with zero attached hydrogens (tertiary/aromatic N) is 1. The molecule has 0 saturated carbocycles. The van der Waals surface area contributed by atoms with E-state index >= 15 is 0 Å². The summed E-state index contributed by atoms with van der Waals surface area (Å²) in [6.45, 7) is 0. The van der Waals surface area contributed by atoms with Gasteiger partial charge < -0.3 is 5.11 Å². The number of allylic oxidation sites excluding steroid dienone is 4. The van der Waals surface area contributed by atoms with Gasteiger partial charge in [-0.15, -0.1) is 0 Å². The molecule has 0 amide bonds. The average molecular weight is 279 g/mol. The lowest BCUT2D eigenvalue weighted by Gasteiger charge is -2.03. The molecule has 0 radical (unpaired) electrons. The molecule has 0 atom stereocenters. The minimum absolute atomic E-state index is 0.164. The fourth-order valence-corrected chi connectivity index (χ4v) is 2.05. The van der Waals surface area contributed by atoms with E-state index in [1.165, 1.54) is 30.4 Å². The molecule has 7 heteroatoms. The predicted octanol–water partition coefficient (Wildman–Crippen LogP) is 1.41. The molecule has 0 heterocycles. The second kappa shape index (κ2) is 4.79. The van der Waals surface area contributed by atoms with Crippen LogP contribution < -0.4 is 0 Å². The van der Waals surface area contributed by atoms with Crippen molar-refractivity contribution in [2.75, 3.05) is 0 Å². The van der Waals surface area contributed by atoms with Crippen molar-refractivity contribution in [1.29, 1.82) is 0 Å². The van der Waals surface area contributed by atoms with Crippen LogP contribution in [-0.2, 0) is 14.9 Å². The van der Waals surface area contributed by atoms with E-state index in [1.807, 2.05) is 0 Å². The van der Waals surface area contributed by atoms with E-state index in [4.69, 9.17) is 4.55 Å². The number of hydrogen-bond acceptors (Lipinski definition) is 5. The smallest absolute Gasteiger partial charge is 0.298 e. The van der Waals surface area contributed by atoms with Gasteiger partial charge in [0, 0.05) is 0 Å². The SMILES string of the molecule is O=C1C=CC(=Nc2ccc(O)c(S(=O)(=O)O)c2)C=C1. The molecule has 1 aliphatic carbocycles. The summed E-state index contributed by atoms with van der Waals surface area (Å²) in [5.74, 6) is -0.723. The van der Waals surface area contributed by atoms with Crippen LogP contribution in [-0.4, -0.2) is 29.6 Å². The Balaban J connectivity index is 2.43. The number of benzene rings is 1. The quantitative estimate of drug-likeness (QED) is 0.629. The molecule has 2 rings (SSSR count). The lowest BCUT2D eigenvalue weighted by Crippen LogP contribution is -2.00. The van der Waals surface area contributed by atoms with Gasteiger partial charge in [0.05, 0.1) is 11.4 Å². The van der Waals surface area contributed by atoms with Crippen LogP contribution >= 0.6 is 0 Å². The Hall–Kier alpha value is -2.25. The minimum Gasteiger partial charge on any atom is -0.506 e. The van der Waals surface area contributed by atoms with Gasteiger partial charge in [0.1, 0.15) is 10.6 Å². The van der Waals surface area contributed by atoms with E-state index in [2.05, 4.69) is 4.99 Å². The van der Waals surface area contributed by atoms with Gasteiger partial charge in [-0.3, -0.25) is 9.35 Å². The van der Waals surface area contributed by atoms with Crippen LogP contribution in [0.3, 0.4) is 0 Å². The Kier molecular flexibility index (Phi) is 3.32. The zero-order valence-electron chi connectivity index (χ0n) is 9.52. The third-order valence-electron chi connectivity index (χ3n) is 2.32. The summed E-state index contributed by atoms with van der Waals surface area (Å²) in [6, 6.07) is 3.54. The van der Waals surface area contributed by atoms with E-state index in [9.17, 15) is 18.3 Å². The summed E-state index contributed by atoms with van der Waals surface area (Å²) in [6.07, 6.45) is 5.59. The number of phenolic OH excluding ortho intramolecular Hbond substituents is 1. The van der Waals surface area contributed by atoms with Crippen LogP contribution in [0.15, 0.2) is 52.4 Å². The van der Waals surface area contributed by atoms with Crippen LogP contribution in [0.25, 0.3) is 0 Å². The van der Waals surface area contributed by atoms with Gasteiger partial charge in [0.25, 0.3) is 10.1 Å². The fraction of sp³-hybridized carbons (Fsp3) is 0. The highest BCUT2D eigenvalue weighted by atomic mass is 32.2. The van der Waals surface area contributed by atoms with Crippen LogP contribution in [0, 0.1) is 0 Å². The maximum atomic E-state index is 11.0. The Labute approximate surface area is 109 Å². The molecule has 0 unspecified atom stereocenters. The maximum Gasteiger partial charge on any atom is 0.298 e. The maximum absolute atomic E-state index is 11.0. The molecular weight excluding hydrogens is 270 g/mol. The van der Waals surface area contributed by atoms with Crippen molar-refractivity contribution in [3.05, 3.63) is 42.5 Å². The molecule has 0 fully saturated rings. The van der Waals surface area contributed by atoms with Crippen LogP contribution in [0.4, 0.5) is 5.69 Å². The third kappa shape index (κ3) is 3.15. The highest BCUT2D eigenvalue weighted by molar-refractivity contribution is 7.86. The Morgan fingerprint density at radius 1 is 1.05 bits per heavy atom. The van der Waals surface area contributed by atoms with Gasteiger partial charge >= 0.3 is 0 Å². The molecule has 1 aromatic carbocycles. The Morgan fingerprint density at radius 2 is 1.68 bits per heavy atom. The normalized spacial score (nSPS) is 14.8. The number of rotatable bonds is 2. The van der Waals surface area contributed by atoms with Gasteiger partial charge in [-0.2, -0.15) is 8.42 Å². The molecule has 0 bridgehead atoms. The monoisotopic (exact) mass is 279 g/mol. The van der Waals surface area contributed by atoms with Gasteiger partial charge in [0.15, 0.2) is 5.78 Å². The lowest BCUT2D eigenvalue weighted by molar-refractivity contribution is -0.110. The highest BCUT2D eigenvalue weighted by Gasteiger charge is 2.15. The minimum atomic E-state index is -4.51. The number of hydrogen-bond donors (Lipinski definition) is 2. The molecule has 0 aliphatic heterocycles. The molecule has 0 aromatic heterocycles. The number of carbonyl (C=O) groups excluding carboxylic acids is 1. The molecule has 0 saturated heterocycles. The van der Waals surface area contributed by atoms with Gasteiger partial charge in [-0.05, 0) is 42.5 Å². The number of aliphatic imine (C=N–C) groups is 1. The summed E-state index contributed by atoms with van der Waals surface area (Å²) in [4.78, 5) is 14.4. The number of aromatic hydroxyl groups is 1. The molecular formula is C12H9NO5S. The second-order valence-corrected chi connectivity index (χ2v) is 5.12.